The molecular weight excluding hydrogens is 202 g/mol. The third-order valence-corrected chi connectivity index (χ3v) is 2.67. The smallest absolute Gasteiger partial charge is 0.161 e. The zero-order valence-corrected chi connectivity index (χ0v) is 8.74. The first kappa shape index (κ1) is 12.3. The van der Waals surface area contributed by atoms with E-state index < -0.39 is 24.5 Å². The monoisotopic (exact) mass is 219 g/mol. The van der Waals surface area contributed by atoms with E-state index in [-0.39, 0.29) is 12.4 Å². The summed E-state index contributed by atoms with van der Waals surface area (Å²) in [5.74, 6) is -0.0576. The summed E-state index contributed by atoms with van der Waals surface area (Å²) in [5.41, 5.74) is 0. The third kappa shape index (κ3) is 2.40. The molecule has 0 aromatic rings. The molecule has 0 radical (unpaired) electrons. The summed E-state index contributed by atoms with van der Waals surface area (Å²) in [4.78, 5) is 1.49. The fourth-order valence-corrected chi connectivity index (χ4v) is 1.49. The highest BCUT2D eigenvalue weighted by molar-refractivity contribution is 5.05. The first-order valence-corrected chi connectivity index (χ1v) is 4.72. The minimum atomic E-state index is -1.27. The molecule has 0 aromatic heterocycles. The van der Waals surface area contributed by atoms with Crippen LogP contribution in [0.4, 0.5) is 0 Å². The maximum Gasteiger partial charge on any atom is 0.161 e. The van der Waals surface area contributed by atoms with Gasteiger partial charge in [0.05, 0.1) is 6.04 Å². The van der Waals surface area contributed by atoms with Gasteiger partial charge in [0.15, 0.2) is 5.76 Å². The van der Waals surface area contributed by atoms with Gasteiger partial charge in [0, 0.05) is 0 Å². The van der Waals surface area contributed by atoms with E-state index in [0.717, 1.165) is 0 Å². The van der Waals surface area contributed by atoms with E-state index in [1.54, 1.807) is 14.0 Å². The number of hydrogen-bond donors (Lipinski definition) is 4. The molecule has 1 rings (SSSR count). The van der Waals surface area contributed by atoms with E-state index in [0.29, 0.717) is 6.26 Å². The van der Waals surface area contributed by atoms with Crippen LogP contribution in [0.15, 0.2) is 12.0 Å². The molecule has 4 atom stereocenters. The Morgan fingerprint density at radius 1 is 1.53 bits per heavy atom. The van der Waals surface area contributed by atoms with Crippen molar-refractivity contribution in [2.45, 2.75) is 31.4 Å². The van der Waals surface area contributed by atoms with Gasteiger partial charge in [-0.05, 0) is 14.0 Å². The van der Waals surface area contributed by atoms with E-state index >= 15 is 0 Å². The Kier molecular flexibility index (Phi) is 3.92. The highest BCUT2D eigenvalue weighted by atomic mass is 16.5. The van der Waals surface area contributed by atoms with Crippen LogP contribution in [0.25, 0.3) is 0 Å². The molecule has 1 saturated heterocycles. The van der Waals surface area contributed by atoms with Crippen LogP contribution in [0.2, 0.25) is 0 Å². The lowest BCUT2D eigenvalue weighted by Crippen LogP contribution is -2.56. The Balaban J connectivity index is 2.72. The van der Waals surface area contributed by atoms with Crippen molar-refractivity contribution in [1.82, 2.24) is 4.90 Å². The summed E-state index contributed by atoms with van der Waals surface area (Å²) >= 11 is 0. The lowest BCUT2D eigenvalue weighted by atomic mass is 10.0. The van der Waals surface area contributed by atoms with Crippen molar-refractivity contribution in [2.24, 2.45) is 0 Å². The van der Waals surface area contributed by atoms with Gasteiger partial charge in [-0.3, -0.25) is 4.90 Å². The normalized spacial score (nSPS) is 36.7. The molecule has 6 nitrogen and oxygen atoms in total. The number of likely N-dealkylation sites (N-methyl/N-ethyl adjacent to an activating group) is 1. The summed E-state index contributed by atoms with van der Waals surface area (Å²) in [5, 5.41) is 37.3. The van der Waals surface area contributed by atoms with Crippen LogP contribution in [0.3, 0.4) is 0 Å². The Bertz CT molecular complexity index is 243. The van der Waals surface area contributed by atoms with Gasteiger partial charge in [-0.1, -0.05) is 0 Å². The Labute approximate surface area is 88.0 Å². The minimum Gasteiger partial charge on any atom is -0.512 e. The first-order chi connectivity index (χ1) is 6.99. The molecule has 0 aromatic carbocycles. The lowest BCUT2D eigenvalue weighted by molar-refractivity contribution is -0.125. The van der Waals surface area contributed by atoms with Crippen LogP contribution in [-0.2, 0) is 4.74 Å². The molecule has 0 bridgehead atoms. The average Bonchev–Trinajstić information content (AvgIpc) is 2.21. The van der Waals surface area contributed by atoms with Gasteiger partial charge in [0.25, 0.3) is 0 Å². The largest absolute Gasteiger partial charge is 0.512 e. The Morgan fingerprint density at radius 2 is 2.13 bits per heavy atom. The van der Waals surface area contributed by atoms with Crippen LogP contribution in [0.1, 0.15) is 6.92 Å². The Morgan fingerprint density at radius 3 is 2.60 bits per heavy atom. The highest BCUT2D eigenvalue weighted by Gasteiger charge is 2.38. The van der Waals surface area contributed by atoms with E-state index in [1.807, 2.05) is 0 Å². The zero-order chi connectivity index (χ0) is 11.6. The molecular formula is C9H17NO5. The van der Waals surface area contributed by atoms with Crippen molar-refractivity contribution < 1.29 is 25.2 Å². The number of aliphatic hydroxyl groups is 4. The van der Waals surface area contributed by atoms with Gasteiger partial charge in [0.2, 0.25) is 0 Å². The average molecular weight is 219 g/mol. The molecule has 15 heavy (non-hydrogen) atoms. The molecule has 1 aliphatic rings. The van der Waals surface area contributed by atoms with E-state index in [9.17, 15) is 15.3 Å². The second kappa shape index (κ2) is 4.80. The van der Waals surface area contributed by atoms with Crippen LogP contribution in [0, 0.1) is 0 Å². The second-order valence-corrected chi connectivity index (χ2v) is 3.64. The van der Waals surface area contributed by atoms with Crippen molar-refractivity contribution in [3.05, 3.63) is 12.0 Å². The summed E-state index contributed by atoms with van der Waals surface area (Å²) in [7, 11) is 1.61. The van der Waals surface area contributed by atoms with Crippen LogP contribution < -0.4 is 0 Å². The number of rotatable bonds is 2. The fraction of sp³-hybridized carbons (Fsp3) is 0.778. The molecule has 1 aliphatic heterocycles. The Hall–Kier alpha value is -0.820. The lowest BCUT2D eigenvalue weighted by Gasteiger charge is -2.39. The minimum absolute atomic E-state index is 0.0576. The van der Waals surface area contributed by atoms with E-state index in [4.69, 9.17) is 9.84 Å². The van der Waals surface area contributed by atoms with Gasteiger partial charge in [-0.15, -0.1) is 0 Å². The zero-order valence-electron chi connectivity index (χ0n) is 8.74. The number of nitrogens with zero attached hydrogens (tertiary/aromatic N) is 1. The quantitative estimate of drug-likeness (QED) is 0.343. The summed E-state index contributed by atoms with van der Waals surface area (Å²) in [6, 6.07) is -0.510. The highest BCUT2D eigenvalue weighted by Crippen LogP contribution is 2.21. The SMILES string of the molecule is CC(O)N(C)[C@H]1CO/C(=C\O)[C@H](O)[C@@H]1O. The van der Waals surface area contributed by atoms with Crippen molar-refractivity contribution in [3.8, 4) is 0 Å². The number of aliphatic hydroxyl groups excluding tert-OH is 4. The van der Waals surface area contributed by atoms with Crippen molar-refractivity contribution in [2.75, 3.05) is 13.7 Å². The van der Waals surface area contributed by atoms with Crippen molar-refractivity contribution in [1.29, 1.82) is 0 Å². The van der Waals surface area contributed by atoms with Crippen molar-refractivity contribution in [3.63, 3.8) is 0 Å². The molecule has 1 fully saturated rings. The molecule has 1 heterocycles. The summed E-state index contributed by atoms with van der Waals surface area (Å²) in [6.45, 7) is 1.66. The second-order valence-electron chi connectivity index (χ2n) is 3.64. The van der Waals surface area contributed by atoms with Crippen LogP contribution in [-0.4, -0.2) is 63.5 Å². The maximum atomic E-state index is 9.72. The predicted octanol–water partition coefficient (Wildman–Crippen LogP) is -1.22. The predicted molar refractivity (Wildman–Crippen MR) is 51.9 cm³/mol. The topological polar surface area (TPSA) is 93.4 Å². The summed E-state index contributed by atoms with van der Waals surface area (Å²) < 4.78 is 5.04. The van der Waals surface area contributed by atoms with E-state index in [2.05, 4.69) is 0 Å². The molecule has 0 spiro atoms. The fourth-order valence-electron chi connectivity index (χ4n) is 1.49. The van der Waals surface area contributed by atoms with E-state index in [1.165, 1.54) is 4.90 Å². The van der Waals surface area contributed by atoms with Gasteiger partial charge in [0.1, 0.15) is 31.3 Å². The third-order valence-electron chi connectivity index (χ3n) is 2.67. The van der Waals surface area contributed by atoms with Crippen molar-refractivity contribution >= 4 is 0 Å². The van der Waals surface area contributed by atoms with Gasteiger partial charge in [-0.2, -0.15) is 0 Å². The van der Waals surface area contributed by atoms with Crippen LogP contribution in [0.5, 0.6) is 0 Å². The standard InChI is InChI=1S/C9H17NO5/c1-5(12)10(2)6-4-15-7(3-11)9(14)8(6)13/h3,5-6,8-9,11-14H,4H2,1-2H3/b7-3-/t5?,6-,8+,9-/m0/s1. The molecule has 6 heteroatoms. The molecule has 4 N–H and O–H groups in total. The molecule has 88 valence electrons. The first-order valence-electron chi connectivity index (χ1n) is 4.72. The van der Waals surface area contributed by atoms with Gasteiger partial charge >= 0.3 is 0 Å². The summed E-state index contributed by atoms with van der Waals surface area (Å²) in [6.07, 6.45) is -2.49. The molecule has 0 saturated carbocycles. The maximum absolute atomic E-state index is 9.72. The van der Waals surface area contributed by atoms with Crippen LogP contribution >= 0.6 is 0 Å². The number of hydrogen-bond acceptors (Lipinski definition) is 6. The van der Waals surface area contributed by atoms with Gasteiger partial charge < -0.3 is 25.2 Å². The van der Waals surface area contributed by atoms with Gasteiger partial charge in [-0.25, -0.2) is 0 Å². The molecule has 0 aliphatic carbocycles. The number of ether oxygens (including phenoxy) is 1. The molecule has 0 amide bonds. The molecule has 1 unspecified atom stereocenters.